The molecule has 0 aliphatic rings. The second-order valence-corrected chi connectivity index (χ2v) is 7.04. The summed E-state index contributed by atoms with van der Waals surface area (Å²) in [5, 5.41) is 0. The molecule has 0 spiro atoms. The lowest BCUT2D eigenvalue weighted by molar-refractivity contribution is 0.0445. The summed E-state index contributed by atoms with van der Waals surface area (Å²) in [7, 11) is -2.56. The zero-order valence-corrected chi connectivity index (χ0v) is 14.6. The minimum Gasteiger partial charge on any atom is -0.490 e. The third-order valence-electron chi connectivity index (χ3n) is 3.31. The van der Waals surface area contributed by atoms with Crippen molar-refractivity contribution in [2.75, 3.05) is 20.3 Å². The van der Waals surface area contributed by atoms with Crippen LogP contribution in [0.5, 0.6) is 5.75 Å². The summed E-state index contributed by atoms with van der Waals surface area (Å²) < 4.78 is 49.7. The maximum absolute atomic E-state index is 13.8. The fourth-order valence-electron chi connectivity index (χ4n) is 2.02. The summed E-state index contributed by atoms with van der Waals surface area (Å²) in [6, 6.07) is 10.3. The molecule has 25 heavy (non-hydrogen) atoms. The zero-order valence-electron chi connectivity index (χ0n) is 13.8. The molecular weight excluding hydrogens is 349 g/mol. The van der Waals surface area contributed by atoms with Gasteiger partial charge in [0.15, 0.2) is 0 Å². The highest BCUT2D eigenvalue weighted by atomic mass is 32.2. The lowest BCUT2D eigenvalue weighted by Gasteiger charge is -2.09. The van der Waals surface area contributed by atoms with Crippen LogP contribution < -0.4 is 9.46 Å². The van der Waals surface area contributed by atoms with Gasteiger partial charge < -0.3 is 9.47 Å². The molecule has 6 nitrogen and oxygen atoms in total. The van der Waals surface area contributed by atoms with Gasteiger partial charge in [0, 0.05) is 0 Å². The minimum absolute atomic E-state index is 0.0886. The Morgan fingerprint density at radius 2 is 1.92 bits per heavy atom. The first-order chi connectivity index (χ1) is 11.8. The van der Waals surface area contributed by atoms with Crippen LogP contribution in [-0.4, -0.2) is 34.6 Å². The quantitative estimate of drug-likeness (QED) is 0.600. The molecule has 0 atom stereocenters. The number of carbonyl (C=O) groups excluding carboxylic acids is 1. The smallest absolute Gasteiger partial charge is 0.341 e. The zero-order chi connectivity index (χ0) is 18.4. The lowest BCUT2D eigenvalue weighted by Crippen LogP contribution is -2.20. The lowest BCUT2D eigenvalue weighted by atomic mass is 10.2. The molecule has 0 bridgehead atoms. The Kier molecular flexibility index (Phi) is 6.11. The summed E-state index contributed by atoms with van der Waals surface area (Å²) in [5.41, 5.74) is 0.575. The van der Waals surface area contributed by atoms with E-state index in [1.54, 1.807) is 6.07 Å². The average Bonchev–Trinajstić information content (AvgIpc) is 2.59. The molecule has 0 aliphatic heterocycles. The summed E-state index contributed by atoms with van der Waals surface area (Å²) >= 11 is 0. The van der Waals surface area contributed by atoms with Crippen molar-refractivity contribution in [2.24, 2.45) is 0 Å². The van der Waals surface area contributed by atoms with Crippen LogP contribution in [0.3, 0.4) is 0 Å². The fraction of sp³-hybridized carbons (Fsp3) is 0.235. The second-order valence-electron chi connectivity index (χ2n) is 5.15. The first-order valence-corrected chi connectivity index (χ1v) is 8.91. The van der Waals surface area contributed by atoms with E-state index in [-0.39, 0.29) is 18.1 Å². The molecule has 134 valence electrons. The van der Waals surface area contributed by atoms with Gasteiger partial charge >= 0.3 is 5.97 Å². The number of sulfonamides is 1. The van der Waals surface area contributed by atoms with E-state index >= 15 is 0 Å². The van der Waals surface area contributed by atoms with Crippen LogP contribution in [0.15, 0.2) is 47.4 Å². The van der Waals surface area contributed by atoms with E-state index in [2.05, 4.69) is 4.72 Å². The van der Waals surface area contributed by atoms with E-state index < -0.39 is 27.4 Å². The largest absolute Gasteiger partial charge is 0.490 e. The second kappa shape index (κ2) is 8.09. The van der Waals surface area contributed by atoms with Gasteiger partial charge in [-0.05, 0) is 49.9 Å². The summed E-state index contributed by atoms with van der Waals surface area (Å²) in [6.45, 7) is 1.91. The molecule has 2 aromatic rings. The van der Waals surface area contributed by atoms with Gasteiger partial charge in [-0.1, -0.05) is 12.1 Å². The summed E-state index contributed by atoms with van der Waals surface area (Å²) in [6.07, 6.45) is 0. The van der Waals surface area contributed by atoms with Crippen molar-refractivity contribution in [1.82, 2.24) is 4.72 Å². The summed E-state index contributed by atoms with van der Waals surface area (Å²) in [4.78, 5) is 11.7. The van der Waals surface area contributed by atoms with E-state index in [1.165, 1.54) is 7.05 Å². The van der Waals surface area contributed by atoms with Crippen LogP contribution in [0.25, 0.3) is 0 Å². The van der Waals surface area contributed by atoms with Gasteiger partial charge in [0.05, 0.1) is 10.5 Å². The normalized spacial score (nSPS) is 11.2. The van der Waals surface area contributed by atoms with Crippen LogP contribution in [0, 0.1) is 12.7 Å². The van der Waals surface area contributed by atoms with Crippen LogP contribution in [-0.2, 0) is 14.8 Å². The number of rotatable bonds is 7. The highest BCUT2D eigenvalue weighted by Crippen LogP contribution is 2.16. The number of esters is 1. The number of benzene rings is 2. The van der Waals surface area contributed by atoms with Crippen LogP contribution in [0.1, 0.15) is 15.9 Å². The average molecular weight is 367 g/mol. The molecule has 0 unspecified atom stereocenters. The van der Waals surface area contributed by atoms with Gasteiger partial charge in [0.1, 0.15) is 24.8 Å². The maximum Gasteiger partial charge on any atom is 0.341 e. The topological polar surface area (TPSA) is 81.7 Å². The Morgan fingerprint density at radius 3 is 2.60 bits per heavy atom. The molecule has 0 saturated carbocycles. The molecule has 0 aromatic heterocycles. The number of nitrogens with one attached hydrogen (secondary N) is 1. The highest BCUT2D eigenvalue weighted by Gasteiger charge is 2.19. The Labute approximate surface area is 145 Å². The van der Waals surface area contributed by atoms with Crippen molar-refractivity contribution >= 4 is 16.0 Å². The molecule has 2 rings (SSSR count). The van der Waals surface area contributed by atoms with E-state index in [0.29, 0.717) is 5.75 Å². The number of halogens is 1. The molecule has 0 fully saturated rings. The van der Waals surface area contributed by atoms with Crippen molar-refractivity contribution in [1.29, 1.82) is 0 Å². The maximum atomic E-state index is 13.8. The van der Waals surface area contributed by atoms with Crippen molar-refractivity contribution in [2.45, 2.75) is 11.8 Å². The Morgan fingerprint density at radius 1 is 1.16 bits per heavy atom. The number of carbonyl (C=O) groups is 1. The predicted molar refractivity (Wildman–Crippen MR) is 89.6 cm³/mol. The Balaban J connectivity index is 1.97. The number of ether oxygens (including phenoxy) is 2. The fourth-order valence-corrected chi connectivity index (χ4v) is 2.78. The minimum atomic E-state index is -3.79. The van der Waals surface area contributed by atoms with E-state index in [9.17, 15) is 17.6 Å². The number of hydrogen-bond donors (Lipinski definition) is 1. The molecule has 0 saturated heterocycles. The molecule has 0 amide bonds. The first-order valence-electron chi connectivity index (χ1n) is 7.43. The van der Waals surface area contributed by atoms with Crippen LogP contribution >= 0.6 is 0 Å². The van der Waals surface area contributed by atoms with Gasteiger partial charge in [-0.15, -0.1) is 0 Å². The third kappa shape index (κ3) is 5.01. The highest BCUT2D eigenvalue weighted by molar-refractivity contribution is 7.89. The van der Waals surface area contributed by atoms with Gasteiger partial charge in [-0.2, -0.15) is 0 Å². The molecule has 1 N–H and O–H groups in total. The molecule has 2 aromatic carbocycles. The molecule has 0 radical (unpaired) electrons. The molecule has 0 aliphatic carbocycles. The van der Waals surface area contributed by atoms with Crippen molar-refractivity contribution in [3.8, 4) is 5.75 Å². The number of aryl methyl sites for hydroxylation is 1. The first kappa shape index (κ1) is 18.9. The van der Waals surface area contributed by atoms with E-state index in [4.69, 9.17) is 9.47 Å². The Hall–Kier alpha value is -2.45. The molecule has 8 heteroatoms. The van der Waals surface area contributed by atoms with Crippen LogP contribution in [0.2, 0.25) is 0 Å². The van der Waals surface area contributed by atoms with Gasteiger partial charge in [-0.25, -0.2) is 22.3 Å². The number of hydrogen-bond acceptors (Lipinski definition) is 5. The Bertz CT molecular complexity index is 867. The monoisotopic (exact) mass is 367 g/mol. The summed E-state index contributed by atoms with van der Waals surface area (Å²) in [5.74, 6) is -1.19. The molecule has 0 heterocycles. The van der Waals surface area contributed by atoms with Gasteiger partial charge in [0.2, 0.25) is 10.0 Å². The van der Waals surface area contributed by atoms with Crippen LogP contribution in [0.4, 0.5) is 4.39 Å². The van der Waals surface area contributed by atoms with Gasteiger partial charge in [0.25, 0.3) is 0 Å². The standard InChI is InChI=1S/C17H18FNO5S/c1-12-4-3-5-13(10-12)23-8-9-24-17(20)15-11-14(6-7-16(15)18)25(21,22)19-2/h3-7,10-11,19H,8-9H2,1-2H3. The van der Waals surface area contributed by atoms with Gasteiger partial charge in [-0.3, -0.25) is 0 Å². The molecular formula is C17H18FNO5S. The SMILES string of the molecule is CNS(=O)(=O)c1ccc(F)c(C(=O)OCCOc2cccc(C)c2)c1. The van der Waals surface area contributed by atoms with Crippen molar-refractivity contribution < 1.29 is 27.1 Å². The van der Waals surface area contributed by atoms with E-state index in [1.807, 2.05) is 25.1 Å². The van der Waals surface area contributed by atoms with Crippen molar-refractivity contribution in [3.05, 3.63) is 59.4 Å². The van der Waals surface area contributed by atoms with E-state index in [0.717, 1.165) is 23.8 Å². The van der Waals surface area contributed by atoms with Crippen molar-refractivity contribution in [3.63, 3.8) is 0 Å². The third-order valence-corrected chi connectivity index (χ3v) is 4.72. The predicted octanol–water partition coefficient (Wildman–Crippen LogP) is 2.28.